The van der Waals surface area contributed by atoms with Gasteiger partial charge >= 0.3 is 0 Å². The summed E-state index contributed by atoms with van der Waals surface area (Å²) in [5, 5.41) is 5.87. The molecule has 1 unspecified atom stereocenters. The third-order valence-electron chi connectivity index (χ3n) is 3.13. The van der Waals surface area contributed by atoms with Gasteiger partial charge in [-0.15, -0.1) is 12.4 Å². The van der Waals surface area contributed by atoms with Crippen molar-refractivity contribution in [2.45, 2.75) is 19.4 Å². The molecule has 0 spiro atoms. The summed E-state index contributed by atoms with van der Waals surface area (Å²) in [5.41, 5.74) is 0. The van der Waals surface area contributed by atoms with Gasteiger partial charge < -0.3 is 15.5 Å². The molecule has 6 heteroatoms. The Morgan fingerprint density at radius 2 is 2.19 bits per heavy atom. The van der Waals surface area contributed by atoms with Gasteiger partial charge in [-0.1, -0.05) is 6.92 Å². The molecule has 2 rings (SSSR count). The maximum atomic E-state index is 12.0. The monoisotopic (exact) mass is 247 g/mol. The van der Waals surface area contributed by atoms with Crippen LogP contribution in [-0.4, -0.2) is 48.9 Å². The zero-order chi connectivity index (χ0) is 10.8. The van der Waals surface area contributed by atoms with Gasteiger partial charge in [-0.2, -0.15) is 0 Å². The second kappa shape index (κ2) is 5.50. The molecular formula is C10H18ClN3O2. The van der Waals surface area contributed by atoms with Gasteiger partial charge in [-0.3, -0.25) is 9.59 Å². The summed E-state index contributed by atoms with van der Waals surface area (Å²) in [6.07, 6.45) is 0.692. The van der Waals surface area contributed by atoms with Gasteiger partial charge in [0, 0.05) is 26.2 Å². The van der Waals surface area contributed by atoms with Gasteiger partial charge in [0.25, 0.3) is 0 Å². The molecule has 2 amide bonds. The Morgan fingerprint density at radius 1 is 1.50 bits per heavy atom. The van der Waals surface area contributed by atoms with Crippen molar-refractivity contribution in [2.75, 3.05) is 26.2 Å². The number of carbonyl (C=O) groups excluding carboxylic acids is 2. The predicted octanol–water partition coefficient (Wildman–Crippen LogP) is -0.635. The maximum Gasteiger partial charge on any atom is 0.242 e. The van der Waals surface area contributed by atoms with Gasteiger partial charge in [-0.25, -0.2) is 0 Å². The molecule has 0 radical (unpaired) electrons. The molecule has 1 atom stereocenters. The van der Waals surface area contributed by atoms with Gasteiger partial charge in [0.1, 0.15) is 6.04 Å². The number of halogens is 1. The summed E-state index contributed by atoms with van der Waals surface area (Å²) < 4.78 is 0. The molecule has 5 nitrogen and oxygen atoms in total. The summed E-state index contributed by atoms with van der Waals surface area (Å²) in [4.78, 5) is 25.3. The molecule has 92 valence electrons. The van der Waals surface area contributed by atoms with E-state index in [1.54, 1.807) is 4.90 Å². The highest BCUT2D eigenvalue weighted by molar-refractivity contribution is 5.90. The van der Waals surface area contributed by atoms with Crippen LogP contribution < -0.4 is 10.6 Å². The van der Waals surface area contributed by atoms with Crippen LogP contribution in [0.4, 0.5) is 0 Å². The number of nitrogens with one attached hydrogen (secondary N) is 2. The van der Waals surface area contributed by atoms with Crippen LogP contribution >= 0.6 is 12.4 Å². The summed E-state index contributed by atoms with van der Waals surface area (Å²) >= 11 is 0. The van der Waals surface area contributed by atoms with Crippen LogP contribution in [0, 0.1) is 5.92 Å². The third-order valence-corrected chi connectivity index (χ3v) is 3.13. The Kier molecular flexibility index (Phi) is 4.56. The van der Waals surface area contributed by atoms with E-state index in [2.05, 4.69) is 10.6 Å². The second-order valence-electron chi connectivity index (χ2n) is 4.10. The van der Waals surface area contributed by atoms with Gasteiger partial charge in [0.15, 0.2) is 0 Å². The third kappa shape index (κ3) is 2.30. The average molecular weight is 248 g/mol. The minimum atomic E-state index is -0.258. The summed E-state index contributed by atoms with van der Waals surface area (Å²) in [5.74, 6) is 0.213. The number of hydrogen-bond acceptors (Lipinski definition) is 3. The molecule has 0 aromatic rings. The molecule has 0 aliphatic carbocycles. The van der Waals surface area contributed by atoms with Crippen LogP contribution in [0.2, 0.25) is 0 Å². The van der Waals surface area contributed by atoms with Gasteiger partial charge in [0.05, 0.1) is 5.92 Å². The van der Waals surface area contributed by atoms with E-state index >= 15 is 0 Å². The fourth-order valence-corrected chi connectivity index (χ4v) is 2.08. The Balaban J connectivity index is 0.00000128. The Morgan fingerprint density at radius 3 is 2.69 bits per heavy atom. The molecular weight excluding hydrogens is 230 g/mol. The summed E-state index contributed by atoms with van der Waals surface area (Å²) in [6.45, 7) is 4.69. The van der Waals surface area contributed by atoms with Crippen molar-refractivity contribution in [3.63, 3.8) is 0 Å². The fraction of sp³-hybridized carbons (Fsp3) is 0.800. The summed E-state index contributed by atoms with van der Waals surface area (Å²) in [7, 11) is 0. The summed E-state index contributed by atoms with van der Waals surface area (Å²) in [6, 6.07) is -0.258. The minimum Gasteiger partial charge on any atom is -0.353 e. The highest BCUT2D eigenvalue weighted by Gasteiger charge is 2.36. The van der Waals surface area contributed by atoms with Crippen molar-refractivity contribution in [2.24, 2.45) is 5.92 Å². The number of hydrogen-bond donors (Lipinski definition) is 2. The molecule has 2 fully saturated rings. The zero-order valence-electron chi connectivity index (χ0n) is 9.36. The minimum absolute atomic E-state index is 0. The predicted molar refractivity (Wildman–Crippen MR) is 62.4 cm³/mol. The zero-order valence-corrected chi connectivity index (χ0v) is 10.2. The topological polar surface area (TPSA) is 61.4 Å². The van der Waals surface area contributed by atoms with Crippen LogP contribution in [-0.2, 0) is 9.59 Å². The van der Waals surface area contributed by atoms with Crippen molar-refractivity contribution in [3.8, 4) is 0 Å². The highest BCUT2D eigenvalue weighted by Crippen LogP contribution is 2.15. The lowest BCUT2D eigenvalue weighted by atomic mass is 9.99. The molecule has 2 aliphatic rings. The Bertz CT molecular complexity index is 281. The first-order chi connectivity index (χ1) is 7.24. The van der Waals surface area contributed by atoms with E-state index in [-0.39, 0.29) is 36.2 Å². The largest absolute Gasteiger partial charge is 0.353 e. The van der Waals surface area contributed by atoms with E-state index in [0.717, 1.165) is 13.1 Å². The lowest BCUT2D eigenvalue weighted by Gasteiger charge is -2.39. The smallest absolute Gasteiger partial charge is 0.242 e. The van der Waals surface area contributed by atoms with E-state index in [9.17, 15) is 9.59 Å². The number of carbonyl (C=O) groups is 2. The van der Waals surface area contributed by atoms with E-state index in [1.807, 2.05) is 6.92 Å². The molecule has 16 heavy (non-hydrogen) atoms. The average Bonchev–Trinajstić information content (AvgIpc) is 2.14. The van der Waals surface area contributed by atoms with E-state index in [4.69, 9.17) is 0 Å². The van der Waals surface area contributed by atoms with Crippen LogP contribution in [0.25, 0.3) is 0 Å². The molecule has 2 N–H and O–H groups in total. The fourth-order valence-electron chi connectivity index (χ4n) is 2.08. The lowest BCUT2D eigenvalue weighted by Crippen LogP contribution is -2.61. The van der Waals surface area contributed by atoms with Crippen molar-refractivity contribution < 1.29 is 9.59 Å². The Hall–Kier alpha value is -0.810. The number of amides is 2. The molecule has 2 saturated heterocycles. The highest BCUT2D eigenvalue weighted by atomic mass is 35.5. The van der Waals surface area contributed by atoms with Crippen LogP contribution in [0.1, 0.15) is 13.3 Å². The number of piperazine rings is 1. The van der Waals surface area contributed by atoms with Crippen molar-refractivity contribution in [3.05, 3.63) is 0 Å². The van der Waals surface area contributed by atoms with Crippen LogP contribution in [0.15, 0.2) is 0 Å². The first kappa shape index (κ1) is 13.3. The number of rotatable bonds is 2. The first-order valence-corrected chi connectivity index (χ1v) is 5.53. The molecule has 0 saturated carbocycles. The SMILES string of the molecule is CCC1C(=O)NCCN1C(=O)C1CNC1.Cl. The van der Waals surface area contributed by atoms with E-state index in [1.165, 1.54) is 0 Å². The molecule has 0 aromatic carbocycles. The molecule has 2 aliphatic heterocycles. The van der Waals surface area contributed by atoms with E-state index < -0.39 is 0 Å². The standard InChI is InChI=1S/C10H17N3O2.ClH/c1-2-8-9(14)12-3-4-13(8)10(15)7-5-11-6-7;/h7-8,11H,2-6H2,1H3,(H,12,14);1H. The normalized spacial score (nSPS) is 25.4. The van der Waals surface area contributed by atoms with Crippen LogP contribution in [0.3, 0.4) is 0 Å². The molecule has 2 heterocycles. The van der Waals surface area contributed by atoms with Crippen molar-refractivity contribution in [1.82, 2.24) is 15.5 Å². The first-order valence-electron chi connectivity index (χ1n) is 5.53. The van der Waals surface area contributed by atoms with Gasteiger partial charge in [-0.05, 0) is 6.42 Å². The second-order valence-corrected chi connectivity index (χ2v) is 4.10. The quantitative estimate of drug-likeness (QED) is 0.683. The maximum absolute atomic E-state index is 12.0. The lowest BCUT2D eigenvalue weighted by molar-refractivity contribution is -0.147. The van der Waals surface area contributed by atoms with E-state index in [0.29, 0.717) is 19.5 Å². The number of nitrogens with zero attached hydrogens (tertiary/aromatic N) is 1. The van der Waals surface area contributed by atoms with Crippen LogP contribution in [0.5, 0.6) is 0 Å². The molecule has 0 aromatic heterocycles. The van der Waals surface area contributed by atoms with Gasteiger partial charge in [0.2, 0.25) is 11.8 Å². The van der Waals surface area contributed by atoms with Crippen molar-refractivity contribution >= 4 is 24.2 Å². The Labute approximate surface area is 101 Å². The van der Waals surface area contributed by atoms with Crippen molar-refractivity contribution in [1.29, 1.82) is 0 Å². The molecule has 0 bridgehead atoms.